The summed E-state index contributed by atoms with van der Waals surface area (Å²) in [4.78, 5) is 18.5. The van der Waals surface area contributed by atoms with Gasteiger partial charge in [0.15, 0.2) is 0 Å². The zero-order chi connectivity index (χ0) is 16.8. The summed E-state index contributed by atoms with van der Waals surface area (Å²) in [6.45, 7) is 5.78. The molecule has 2 aliphatic rings. The minimum atomic E-state index is 0.736. The highest BCUT2D eigenvalue weighted by Crippen LogP contribution is 2.31. The van der Waals surface area contributed by atoms with E-state index in [1.807, 2.05) is 29.8 Å². The van der Waals surface area contributed by atoms with Gasteiger partial charge in [-0.25, -0.2) is 9.97 Å². The molecule has 7 heteroatoms. The Morgan fingerprint density at radius 2 is 1.80 bits per heavy atom. The lowest BCUT2D eigenvalue weighted by Crippen LogP contribution is -2.47. The topological polar surface area (TPSA) is 62.5 Å². The van der Waals surface area contributed by atoms with Crippen molar-refractivity contribution in [3.8, 4) is 0 Å². The zero-order valence-corrected chi connectivity index (χ0v) is 14.4. The van der Waals surface area contributed by atoms with Crippen molar-refractivity contribution in [1.82, 2.24) is 24.6 Å². The number of anilines is 2. The van der Waals surface area contributed by atoms with Gasteiger partial charge in [0.25, 0.3) is 5.78 Å². The van der Waals surface area contributed by atoms with Crippen LogP contribution in [-0.2, 0) is 12.8 Å². The Kier molecular flexibility index (Phi) is 3.33. The number of pyridine rings is 1. The van der Waals surface area contributed by atoms with Crippen LogP contribution in [0.5, 0.6) is 0 Å². The molecule has 0 unspecified atom stereocenters. The molecule has 0 amide bonds. The van der Waals surface area contributed by atoms with Crippen molar-refractivity contribution in [2.45, 2.75) is 26.2 Å². The number of aryl methyl sites for hydroxylation is 2. The summed E-state index contributed by atoms with van der Waals surface area (Å²) in [5, 5.41) is 4.62. The van der Waals surface area contributed by atoms with Crippen molar-refractivity contribution in [2.75, 3.05) is 36.0 Å². The molecule has 3 aromatic heterocycles. The normalized spacial score (nSPS) is 17.3. The van der Waals surface area contributed by atoms with Crippen LogP contribution in [0.2, 0.25) is 0 Å². The van der Waals surface area contributed by atoms with E-state index in [1.54, 1.807) is 0 Å². The number of hydrogen-bond acceptors (Lipinski definition) is 6. The van der Waals surface area contributed by atoms with Crippen molar-refractivity contribution >= 4 is 17.4 Å². The highest BCUT2D eigenvalue weighted by atomic mass is 15.4. The SMILES string of the molecule is Cc1nc2nc3c(c(N4CCN(c5ccccn5)CC4)n2n1)CCC3. The van der Waals surface area contributed by atoms with E-state index in [9.17, 15) is 0 Å². The smallest absolute Gasteiger partial charge is 0.254 e. The fourth-order valence-corrected chi connectivity index (χ4v) is 3.97. The first kappa shape index (κ1) is 14.6. The molecule has 0 bridgehead atoms. The van der Waals surface area contributed by atoms with E-state index in [-0.39, 0.29) is 0 Å². The van der Waals surface area contributed by atoms with E-state index in [2.05, 4.69) is 30.9 Å². The van der Waals surface area contributed by atoms with E-state index in [1.165, 1.54) is 23.5 Å². The molecule has 0 saturated carbocycles. The van der Waals surface area contributed by atoms with Crippen LogP contribution in [0.4, 0.5) is 11.6 Å². The standard InChI is InChI=1S/C18H21N7/c1-13-20-18-21-15-6-4-5-14(15)17(25(18)22-13)24-11-9-23(10-12-24)16-7-2-3-8-19-16/h2-3,7-8H,4-6,9-12H2,1H3. The monoisotopic (exact) mass is 335 g/mol. The Morgan fingerprint density at radius 1 is 0.960 bits per heavy atom. The number of hydrogen-bond donors (Lipinski definition) is 0. The van der Waals surface area contributed by atoms with Crippen LogP contribution in [0.3, 0.4) is 0 Å². The summed E-state index contributed by atoms with van der Waals surface area (Å²) < 4.78 is 1.95. The van der Waals surface area contributed by atoms with Gasteiger partial charge in [0, 0.05) is 37.9 Å². The van der Waals surface area contributed by atoms with E-state index >= 15 is 0 Å². The number of rotatable bonds is 2. The fraction of sp³-hybridized carbons (Fsp3) is 0.444. The van der Waals surface area contributed by atoms with Crippen LogP contribution in [-0.4, -0.2) is 50.7 Å². The molecule has 128 valence electrons. The molecular weight excluding hydrogens is 314 g/mol. The molecule has 1 aliphatic carbocycles. The summed E-state index contributed by atoms with van der Waals surface area (Å²) in [5.74, 6) is 3.78. The third kappa shape index (κ3) is 2.42. The lowest BCUT2D eigenvalue weighted by atomic mass is 10.2. The van der Waals surface area contributed by atoms with Crippen molar-refractivity contribution in [3.05, 3.63) is 41.5 Å². The van der Waals surface area contributed by atoms with Crippen LogP contribution in [0, 0.1) is 6.92 Å². The molecule has 0 atom stereocenters. The van der Waals surface area contributed by atoms with Crippen molar-refractivity contribution in [3.63, 3.8) is 0 Å². The Morgan fingerprint density at radius 3 is 2.60 bits per heavy atom. The van der Waals surface area contributed by atoms with Crippen molar-refractivity contribution in [1.29, 1.82) is 0 Å². The second-order valence-corrected chi connectivity index (χ2v) is 6.75. The van der Waals surface area contributed by atoms with Gasteiger partial charge in [0.2, 0.25) is 0 Å². The summed E-state index contributed by atoms with van der Waals surface area (Å²) in [6.07, 6.45) is 5.18. The van der Waals surface area contributed by atoms with Crippen molar-refractivity contribution < 1.29 is 0 Å². The van der Waals surface area contributed by atoms with E-state index < -0.39 is 0 Å². The molecule has 1 fully saturated rings. The minimum Gasteiger partial charge on any atom is -0.353 e. The van der Waals surface area contributed by atoms with Gasteiger partial charge in [-0.15, -0.1) is 5.10 Å². The van der Waals surface area contributed by atoms with Crippen LogP contribution in [0.25, 0.3) is 5.78 Å². The average molecular weight is 335 g/mol. The largest absolute Gasteiger partial charge is 0.353 e. The molecule has 1 saturated heterocycles. The van der Waals surface area contributed by atoms with Gasteiger partial charge in [-0.3, -0.25) is 0 Å². The lowest BCUT2D eigenvalue weighted by molar-refractivity contribution is 0.630. The Balaban J connectivity index is 1.48. The molecule has 1 aliphatic heterocycles. The molecule has 3 aromatic rings. The molecule has 0 radical (unpaired) electrons. The molecule has 4 heterocycles. The first-order chi connectivity index (χ1) is 12.3. The predicted octanol–water partition coefficient (Wildman–Crippen LogP) is 1.64. The van der Waals surface area contributed by atoms with Crippen LogP contribution >= 0.6 is 0 Å². The predicted molar refractivity (Wildman–Crippen MR) is 96.2 cm³/mol. The van der Waals surface area contributed by atoms with Crippen LogP contribution < -0.4 is 9.80 Å². The maximum atomic E-state index is 4.74. The third-order valence-corrected chi connectivity index (χ3v) is 5.14. The molecule has 0 spiro atoms. The van der Waals surface area contributed by atoms with E-state index in [4.69, 9.17) is 4.98 Å². The lowest BCUT2D eigenvalue weighted by Gasteiger charge is -2.37. The maximum Gasteiger partial charge on any atom is 0.254 e. The summed E-state index contributed by atoms with van der Waals surface area (Å²) in [6, 6.07) is 6.09. The first-order valence-electron chi connectivity index (χ1n) is 8.95. The third-order valence-electron chi connectivity index (χ3n) is 5.14. The van der Waals surface area contributed by atoms with Gasteiger partial charge >= 0.3 is 0 Å². The van der Waals surface area contributed by atoms with Gasteiger partial charge in [0.1, 0.15) is 17.5 Å². The molecule has 7 nitrogen and oxygen atoms in total. The molecule has 0 aromatic carbocycles. The highest BCUT2D eigenvalue weighted by molar-refractivity contribution is 5.57. The molecule has 5 rings (SSSR count). The van der Waals surface area contributed by atoms with E-state index in [0.29, 0.717) is 0 Å². The fourth-order valence-electron chi connectivity index (χ4n) is 3.97. The van der Waals surface area contributed by atoms with Gasteiger partial charge < -0.3 is 9.80 Å². The number of fused-ring (bicyclic) bond motifs is 2. The number of nitrogens with zero attached hydrogens (tertiary/aromatic N) is 7. The summed E-state index contributed by atoms with van der Waals surface area (Å²) >= 11 is 0. The van der Waals surface area contributed by atoms with Crippen LogP contribution in [0.1, 0.15) is 23.5 Å². The molecule has 25 heavy (non-hydrogen) atoms. The number of piperazine rings is 1. The molecule has 0 N–H and O–H groups in total. The van der Waals surface area contributed by atoms with Gasteiger partial charge in [0.05, 0.1) is 5.69 Å². The zero-order valence-electron chi connectivity index (χ0n) is 14.4. The quantitative estimate of drug-likeness (QED) is 0.709. The van der Waals surface area contributed by atoms with Crippen molar-refractivity contribution in [2.24, 2.45) is 0 Å². The van der Waals surface area contributed by atoms with Gasteiger partial charge in [-0.2, -0.15) is 9.50 Å². The Hall–Kier alpha value is -2.70. The molecular formula is C18H21N7. The summed E-state index contributed by atoms with van der Waals surface area (Å²) in [7, 11) is 0. The maximum absolute atomic E-state index is 4.74. The van der Waals surface area contributed by atoms with Gasteiger partial charge in [-0.05, 0) is 38.3 Å². The average Bonchev–Trinajstić information content (AvgIpc) is 3.25. The minimum absolute atomic E-state index is 0.736. The second-order valence-electron chi connectivity index (χ2n) is 6.75. The Bertz CT molecular complexity index is 910. The van der Waals surface area contributed by atoms with Crippen LogP contribution in [0.15, 0.2) is 24.4 Å². The van der Waals surface area contributed by atoms with Gasteiger partial charge in [-0.1, -0.05) is 6.07 Å². The number of aromatic nitrogens is 5. The van der Waals surface area contributed by atoms with E-state index in [0.717, 1.165) is 56.4 Å². The first-order valence-corrected chi connectivity index (χ1v) is 8.95. The Labute approximate surface area is 146 Å². The highest BCUT2D eigenvalue weighted by Gasteiger charge is 2.27. The second kappa shape index (κ2) is 5.68. The summed E-state index contributed by atoms with van der Waals surface area (Å²) in [5.41, 5.74) is 2.57.